The molecule has 0 unspecified atom stereocenters. The maximum Gasteiger partial charge on any atom is 0.590 e. The van der Waals surface area contributed by atoms with Gasteiger partial charge in [0, 0.05) is 0 Å². The Morgan fingerprint density at radius 2 is 1.00 bits per heavy atom. The largest absolute Gasteiger partial charge is 0.590 e. The summed E-state index contributed by atoms with van der Waals surface area (Å²) in [6.45, 7) is 6.46. The number of hydrogen-bond donors (Lipinski definition) is 0. The van der Waals surface area contributed by atoms with Crippen molar-refractivity contribution in [1.82, 2.24) is 4.31 Å². The summed E-state index contributed by atoms with van der Waals surface area (Å²) in [7, 11) is 0. The molecule has 0 rings (SSSR count). The van der Waals surface area contributed by atoms with E-state index in [0.29, 0.717) is 11.9 Å². The van der Waals surface area contributed by atoms with E-state index in [0.717, 1.165) is 13.1 Å². The van der Waals surface area contributed by atoms with Gasteiger partial charge in [-0.1, -0.05) is 78.1 Å². The molecule has 0 atom stereocenters. The summed E-state index contributed by atoms with van der Waals surface area (Å²) in [5.41, 5.74) is 0. The predicted octanol–water partition coefficient (Wildman–Crippen LogP) is 5.35. The van der Waals surface area contributed by atoms with Crippen molar-refractivity contribution in [2.24, 2.45) is 0 Å². The summed E-state index contributed by atoms with van der Waals surface area (Å²) in [5, 5.41) is 0. The molecule has 0 aliphatic rings. The third kappa shape index (κ3) is 14.2. The standard InChI is InChI=1S/C16H34NOS/c1-3-5-7-9-11-13-15-17(19-18)16-14-12-10-8-6-4-2/h3-16H2,1-2H3/q+1. The van der Waals surface area contributed by atoms with Gasteiger partial charge in [0.15, 0.2) is 0 Å². The van der Waals surface area contributed by atoms with Crippen LogP contribution in [0.4, 0.5) is 0 Å². The van der Waals surface area contributed by atoms with Crippen LogP contribution in [0.2, 0.25) is 0 Å². The first-order valence-corrected chi connectivity index (χ1v) is 9.09. The van der Waals surface area contributed by atoms with E-state index in [-0.39, 0.29) is 0 Å². The van der Waals surface area contributed by atoms with Crippen LogP contribution in [-0.4, -0.2) is 17.4 Å². The maximum atomic E-state index is 11.0. The third-order valence-corrected chi connectivity index (χ3v) is 4.20. The fourth-order valence-corrected chi connectivity index (χ4v) is 2.73. The van der Waals surface area contributed by atoms with Crippen molar-refractivity contribution in [3.8, 4) is 0 Å². The van der Waals surface area contributed by atoms with Crippen molar-refractivity contribution >= 4 is 11.9 Å². The molecular weight excluding hydrogens is 254 g/mol. The van der Waals surface area contributed by atoms with Gasteiger partial charge in [-0.25, -0.2) is 0 Å². The highest BCUT2D eigenvalue weighted by molar-refractivity contribution is 7.62. The summed E-state index contributed by atoms with van der Waals surface area (Å²) >= 11 is 0.690. The van der Waals surface area contributed by atoms with E-state index in [4.69, 9.17) is 0 Å². The highest BCUT2D eigenvalue weighted by Crippen LogP contribution is 2.08. The minimum atomic E-state index is 0.690. The lowest BCUT2D eigenvalue weighted by Crippen LogP contribution is -2.21. The van der Waals surface area contributed by atoms with Gasteiger partial charge in [-0.3, -0.25) is 0 Å². The molecule has 0 bridgehead atoms. The Morgan fingerprint density at radius 3 is 1.37 bits per heavy atom. The quantitative estimate of drug-likeness (QED) is 0.226. The molecule has 0 aromatic carbocycles. The van der Waals surface area contributed by atoms with Crippen LogP contribution < -0.4 is 0 Å². The third-order valence-electron chi connectivity index (χ3n) is 3.63. The minimum absolute atomic E-state index is 0.690. The van der Waals surface area contributed by atoms with E-state index in [1.165, 1.54) is 77.0 Å². The van der Waals surface area contributed by atoms with Crippen LogP contribution in [0.1, 0.15) is 90.9 Å². The van der Waals surface area contributed by atoms with Crippen LogP contribution in [0.15, 0.2) is 0 Å². The van der Waals surface area contributed by atoms with Crippen molar-refractivity contribution in [2.45, 2.75) is 90.9 Å². The van der Waals surface area contributed by atoms with Crippen LogP contribution >= 0.6 is 0 Å². The highest BCUT2D eigenvalue weighted by atomic mass is 32.2. The lowest BCUT2D eigenvalue weighted by Gasteiger charge is -2.05. The number of unbranched alkanes of at least 4 members (excludes halogenated alkanes) is 10. The van der Waals surface area contributed by atoms with E-state index < -0.39 is 0 Å². The molecule has 0 aliphatic carbocycles. The van der Waals surface area contributed by atoms with Crippen molar-refractivity contribution in [3.63, 3.8) is 0 Å². The number of rotatable bonds is 15. The number of hydrogen-bond acceptors (Lipinski definition) is 1. The average molecular weight is 289 g/mol. The van der Waals surface area contributed by atoms with Gasteiger partial charge >= 0.3 is 11.9 Å². The Hall–Kier alpha value is -0.0200. The van der Waals surface area contributed by atoms with Crippen LogP contribution in [0.5, 0.6) is 0 Å². The molecule has 0 radical (unpaired) electrons. The molecule has 0 amide bonds. The second-order valence-electron chi connectivity index (χ2n) is 5.54. The van der Waals surface area contributed by atoms with Crippen molar-refractivity contribution in [2.75, 3.05) is 13.1 Å². The first kappa shape index (κ1) is 19.0. The van der Waals surface area contributed by atoms with Crippen molar-refractivity contribution < 1.29 is 4.21 Å². The van der Waals surface area contributed by atoms with Crippen molar-refractivity contribution in [3.05, 3.63) is 0 Å². The zero-order chi connectivity index (χ0) is 14.2. The first-order chi connectivity index (χ1) is 9.35. The Morgan fingerprint density at radius 1 is 0.632 bits per heavy atom. The SMILES string of the molecule is CCCCCCCCN(CCCCCCCC)[S+]=O. The molecule has 2 nitrogen and oxygen atoms in total. The van der Waals surface area contributed by atoms with E-state index in [9.17, 15) is 4.21 Å². The molecule has 0 aromatic rings. The Labute approximate surface area is 125 Å². The van der Waals surface area contributed by atoms with Crippen molar-refractivity contribution in [1.29, 1.82) is 0 Å². The summed E-state index contributed by atoms with van der Waals surface area (Å²) < 4.78 is 13.0. The van der Waals surface area contributed by atoms with Gasteiger partial charge in [-0.05, 0) is 17.1 Å². The van der Waals surface area contributed by atoms with Gasteiger partial charge in [0.2, 0.25) is 0 Å². The fourth-order valence-electron chi connectivity index (χ4n) is 2.32. The molecule has 0 saturated carbocycles. The summed E-state index contributed by atoms with van der Waals surface area (Å²) in [5.74, 6) is 0. The smallest absolute Gasteiger partial charge is 0.0654 e. The van der Waals surface area contributed by atoms with E-state index in [1.807, 2.05) is 4.31 Å². The second kappa shape index (κ2) is 16.0. The summed E-state index contributed by atoms with van der Waals surface area (Å²) in [6.07, 6.45) is 15.7. The maximum absolute atomic E-state index is 11.0. The molecule has 114 valence electrons. The van der Waals surface area contributed by atoms with Gasteiger partial charge in [-0.15, -0.1) is 0 Å². The van der Waals surface area contributed by atoms with E-state index >= 15 is 0 Å². The first-order valence-electron chi connectivity index (χ1n) is 8.40. The molecular formula is C16H34NOS+. The number of nitrogens with zero attached hydrogens (tertiary/aromatic N) is 1. The molecule has 0 spiro atoms. The monoisotopic (exact) mass is 288 g/mol. The molecule has 0 N–H and O–H groups in total. The fraction of sp³-hybridized carbons (Fsp3) is 1.00. The van der Waals surface area contributed by atoms with Gasteiger partial charge in [-0.2, -0.15) is 0 Å². The lowest BCUT2D eigenvalue weighted by molar-refractivity contribution is 0.408. The zero-order valence-corrected chi connectivity index (χ0v) is 14.0. The highest BCUT2D eigenvalue weighted by Gasteiger charge is 2.15. The Balaban J connectivity index is 3.32. The predicted molar refractivity (Wildman–Crippen MR) is 86.4 cm³/mol. The van der Waals surface area contributed by atoms with E-state index in [2.05, 4.69) is 13.8 Å². The topological polar surface area (TPSA) is 20.3 Å². The molecule has 0 aromatic heterocycles. The molecule has 3 heteroatoms. The van der Waals surface area contributed by atoms with Crippen LogP contribution in [0.3, 0.4) is 0 Å². The molecule has 0 saturated heterocycles. The molecule has 0 aliphatic heterocycles. The van der Waals surface area contributed by atoms with Gasteiger partial charge < -0.3 is 0 Å². The summed E-state index contributed by atoms with van der Waals surface area (Å²) in [4.78, 5) is 0. The summed E-state index contributed by atoms with van der Waals surface area (Å²) in [6, 6.07) is 0. The molecule has 19 heavy (non-hydrogen) atoms. The van der Waals surface area contributed by atoms with Crippen LogP contribution in [0, 0.1) is 0 Å². The molecule has 0 heterocycles. The second-order valence-corrected chi connectivity index (χ2v) is 6.20. The van der Waals surface area contributed by atoms with Gasteiger partial charge in [0.05, 0.1) is 17.3 Å². The van der Waals surface area contributed by atoms with Crippen LogP contribution in [-0.2, 0) is 16.1 Å². The normalized spacial score (nSPS) is 11.1. The minimum Gasteiger partial charge on any atom is -0.0654 e. The average Bonchev–Trinajstić information content (AvgIpc) is 2.44. The lowest BCUT2D eigenvalue weighted by atomic mass is 10.1. The zero-order valence-electron chi connectivity index (χ0n) is 13.2. The Kier molecular flexibility index (Phi) is 16.0. The van der Waals surface area contributed by atoms with Gasteiger partial charge in [0.25, 0.3) is 0 Å². The Bertz CT molecular complexity index is 172. The molecule has 0 fully saturated rings. The van der Waals surface area contributed by atoms with Crippen LogP contribution in [0.25, 0.3) is 0 Å². The van der Waals surface area contributed by atoms with E-state index in [1.54, 1.807) is 0 Å². The van der Waals surface area contributed by atoms with Gasteiger partial charge in [0.1, 0.15) is 0 Å².